The minimum atomic E-state index is -0.522. The molecule has 0 aliphatic carbocycles. The molecule has 2 atom stereocenters. The number of amides is 2. The highest BCUT2D eigenvalue weighted by Gasteiger charge is 2.13. The van der Waals surface area contributed by atoms with Crippen LogP contribution in [0.4, 0.5) is 10.5 Å². The van der Waals surface area contributed by atoms with Gasteiger partial charge in [0.05, 0.1) is 13.2 Å². The van der Waals surface area contributed by atoms with Crippen molar-refractivity contribution < 1.29 is 14.6 Å². The zero-order valence-electron chi connectivity index (χ0n) is 11.6. The second-order valence-electron chi connectivity index (χ2n) is 4.52. The standard InChI is InChI=1S/C14H22N2O3/c1-4-10(2)13(17)9-15-14(18)16-11-5-7-12(19-3)8-6-11/h5-8,10,13,17H,4,9H2,1-3H3,(H2,15,16,18). The molecule has 0 fully saturated rings. The molecule has 1 aromatic carbocycles. The maximum absolute atomic E-state index is 11.6. The number of rotatable bonds is 6. The maximum Gasteiger partial charge on any atom is 0.319 e. The zero-order chi connectivity index (χ0) is 14.3. The van der Waals surface area contributed by atoms with Crippen LogP contribution in [0.3, 0.4) is 0 Å². The zero-order valence-corrected chi connectivity index (χ0v) is 11.6. The van der Waals surface area contributed by atoms with Gasteiger partial charge < -0.3 is 20.5 Å². The van der Waals surface area contributed by atoms with Crippen molar-refractivity contribution in [2.45, 2.75) is 26.4 Å². The first-order chi connectivity index (χ1) is 9.06. The molecule has 3 N–H and O–H groups in total. The molecule has 0 spiro atoms. The number of aliphatic hydroxyl groups is 1. The van der Waals surface area contributed by atoms with Gasteiger partial charge in [0.15, 0.2) is 0 Å². The molecule has 1 rings (SSSR count). The molecule has 0 aliphatic rings. The molecule has 0 aromatic heterocycles. The molecule has 0 saturated heterocycles. The molecular weight excluding hydrogens is 244 g/mol. The van der Waals surface area contributed by atoms with Gasteiger partial charge in [0.1, 0.15) is 5.75 Å². The van der Waals surface area contributed by atoms with Crippen LogP contribution in [-0.2, 0) is 0 Å². The van der Waals surface area contributed by atoms with Crippen LogP contribution < -0.4 is 15.4 Å². The van der Waals surface area contributed by atoms with E-state index in [9.17, 15) is 9.90 Å². The second kappa shape index (κ2) is 7.63. The molecule has 0 bridgehead atoms. The van der Waals surface area contributed by atoms with Gasteiger partial charge in [-0.3, -0.25) is 0 Å². The van der Waals surface area contributed by atoms with Gasteiger partial charge in [-0.25, -0.2) is 4.79 Å². The van der Waals surface area contributed by atoms with E-state index in [1.54, 1.807) is 31.4 Å². The Bertz CT molecular complexity index is 392. The van der Waals surface area contributed by atoms with E-state index < -0.39 is 6.10 Å². The minimum Gasteiger partial charge on any atom is -0.497 e. The number of nitrogens with one attached hydrogen (secondary N) is 2. The van der Waals surface area contributed by atoms with E-state index in [2.05, 4.69) is 10.6 Å². The molecule has 106 valence electrons. The number of anilines is 1. The Balaban J connectivity index is 2.38. The Morgan fingerprint density at radius 1 is 1.37 bits per heavy atom. The summed E-state index contributed by atoms with van der Waals surface area (Å²) in [5.74, 6) is 0.902. The normalized spacial score (nSPS) is 13.5. The lowest BCUT2D eigenvalue weighted by Gasteiger charge is -2.17. The van der Waals surface area contributed by atoms with E-state index in [-0.39, 0.29) is 18.5 Å². The number of benzene rings is 1. The summed E-state index contributed by atoms with van der Waals surface area (Å²) in [4.78, 5) is 11.6. The van der Waals surface area contributed by atoms with E-state index in [0.29, 0.717) is 5.69 Å². The summed E-state index contributed by atoms with van der Waals surface area (Å²) < 4.78 is 5.03. The first kappa shape index (κ1) is 15.3. The van der Waals surface area contributed by atoms with Crippen LogP contribution in [0.25, 0.3) is 0 Å². The highest BCUT2D eigenvalue weighted by atomic mass is 16.5. The van der Waals surface area contributed by atoms with Crippen LogP contribution in [-0.4, -0.2) is 30.9 Å². The molecule has 0 radical (unpaired) electrons. The average molecular weight is 266 g/mol. The summed E-state index contributed by atoms with van der Waals surface area (Å²) in [6.07, 6.45) is 0.356. The van der Waals surface area contributed by atoms with Crippen molar-refractivity contribution in [2.75, 3.05) is 19.0 Å². The Labute approximate surface area is 114 Å². The van der Waals surface area contributed by atoms with E-state index in [1.165, 1.54) is 0 Å². The van der Waals surface area contributed by atoms with Crippen molar-refractivity contribution in [3.63, 3.8) is 0 Å². The molecule has 0 saturated carbocycles. The van der Waals surface area contributed by atoms with E-state index in [4.69, 9.17) is 4.74 Å². The number of aliphatic hydroxyl groups excluding tert-OH is 1. The Morgan fingerprint density at radius 2 is 2.00 bits per heavy atom. The number of hydrogen-bond acceptors (Lipinski definition) is 3. The monoisotopic (exact) mass is 266 g/mol. The smallest absolute Gasteiger partial charge is 0.319 e. The van der Waals surface area contributed by atoms with Crippen LogP contribution in [0, 0.1) is 5.92 Å². The summed E-state index contributed by atoms with van der Waals surface area (Å²) in [5.41, 5.74) is 0.677. The molecule has 5 nitrogen and oxygen atoms in total. The summed E-state index contributed by atoms with van der Waals surface area (Å²) in [6, 6.07) is 6.72. The highest BCUT2D eigenvalue weighted by Crippen LogP contribution is 2.14. The van der Waals surface area contributed by atoms with Crippen molar-refractivity contribution in [1.29, 1.82) is 0 Å². The first-order valence-electron chi connectivity index (χ1n) is 6.43. The summed E-state index contributed by atoms with van der Waals surface area (Å²) in [7, 11) is 1.59. The van der Waals surface area contributed by atoms with Crippen LogP contribution >= 0.6 is 0 Å². The average Bonchev–Trinajstić information content (AvgIpc) is 2.44. The predicted octanol–water partition coefficient (Wildman–Crippen LogP) is 2.22. The van der Waals surface area contributed by atoms with Gasteiger partial charge >= 0.3 is 6.03 Å². The minimum absolute atomic E-state index is 0.168. The SMILES string of the molecule is CCC(C)C(O)CNC(=O)Nc1ccc(OC)cc1. The third-order valence-corrected chi connectivity index (χ3v) is 3.12. The molecule has 19 heavy (non-hydrogen) atoms. The van der Waals surface area contributed by atoms with Gasteiger partial charge in [0.2, 0.25) is 0 Å². The lowest BCUT2D eigenvalue weighted by molar-refractivity contribution is 0.115. The summed E-state index contributed by atoms with van der Waals surface area (Å²) in [6.45, 7) is 4.20. The second-order valence-corrected chi connectivity index (χ2v) is 4.52. The van der Waals surface area contributed by atoms with Crippen LogP contribution in [0.2, 0.25) is 0 Å². The van der Waals surface area contributed by atoms with Crippen molar-refractivity contribution in [1.82, 2.24) is 5.32 Å². The van der Waals surface area contributed by atoms with Gasteiger partial charge in [-0.05, 0) is 30.2 Å². The molecule has 5 heteroatoms. The fourth-order valence-electron chi connectivity index (χ4n) is 1.52. The Kier molecular flexibility index (Phi) is 6.15. The molecule has 2 unspecified atom stereocenters. The maximum atomic E-state index is 11.6. The number of carbonyl (C=O) groups is 1. The van der Waals surface area contributed by atoms with Crippen molar-refractivity contribution in [3.8, 4) is 5.75 Å². The van der Waals surface area contributed by atoms with Gasteiger partial charge in [0, 0.05) is 12.2 Å². The van der Waals surface area contributed by atoms with E-state index in [1.807, 2.05) is 13.8 Å². The summed E-state index contributed by atoms with van der Waals surface area (Å²) in [5, 5.41) is 15.1. The molecule has 0 heterocycles. The number of carbonyl (C=O) groups excluding carboxylic acids is 1. The van der Waals surface area contributed by atoms with Crippen molar-refractivity contribution in [3.05, 3.63) is 24.3 Å². The number of hydrogen-bond donors (Lipinski definition) is 3. The van der Waals surface area contributed by atoms with Crippen LogP contribution in [0.1, 0.15) is 20.3 Å². The first-order valence-corrected chi connectivity index (χ1v) is 6.43. The van der Waals surface area contributed by atoms with Gasteiger partial charge in [-0.15, -0.1) is 0 Å². The van der Waals surface area contributed by atoms with E-state index in [0.717, 1.165) is 12.2 Å². The number of methoxy groups -OCH3 is 1. The van der Waals surface area contributed by atoms with Crippen LogP contribution in [0.15, 0.2) is 24.3 Å². The number of ether oxygens (including phenoxy) is 1. The van der Waals surface area contributed by atoms with Crippen molar-refractivity contribution in [2.24, 2.45) is 5.92 Å². The third-order valence-electron chi connectivity index (χ3n) is 3.12. The summed E-state index contributed by atoms with van der Waals surface area (Å²) >= 11 is 0. The topological polar surface area (TPSA) is 70.6 Å². The lowest BCUT2D eigenvalue weighted by atomic mass is 10.0. The van der Waals surface area contributed by atoms with E-state index >= 15 is 0 Å². The van der Waals surface area contributed by atoms with Gasteiger partial charge in [-0.2, -0.15) is 0 Å². The number of urea groups is 1. The lowest BCUT2D eigenvalue weighted by Crippen LogP contribution is -2.37. The van der Waals surface area contributed by atoms with Gasteiger partial charge in [0.25, 0.3) is 0 Å². The molecule has 0 aliphatic heterocycles. The largest absolute Gasteiger partial charge is 0.497 e. The molecule has 1 aromatic rings. The molecular formula is C14H22N2O3. The predicted molar refractivity (Wildman–Crippen MR) is 75.5 cm³/mol. The fraction of sp³-hybridized carbons (Fsp3) is 0.500. The molecule has 2 amide bonds. The van der Waals surface area contributed by atoms with Gasteiger partial charge in [-0.1, -0.05) is 20.3 Å². The highest BCUT2D eigenvalue weighted by molar-refractivity contribution is 5.89. The fourth-order valence-corrected chi connectivity index (χ4v) is 1.52. The van der Waals surface area contributed by atoms with Crippen LogP contribution in [0.5, 0.6) is 5.75 Å². The quantitative estimate of drug-likeness (QED) is 0.739. The van der Waals surface area contributed by atoms with Crippen molar-refractivity contribution >= 4 is 11.7 Å². The Morgan fingerprint density at radius 3 is 2.53 bits per heavy atom. The third kappa shape index (κ3) is 5.18. The Hall–Kier alpha value is -1.75.